The Bertz CT molecular complexity index is 632. The van der Waals surface area contributed by atoms with Gasteiger partial charge in [-0.2, -0.15) is 0 Å². The molecule has 104 valence electrons. The third kappa shape index (κ3) is 4.03. The van der Waals surface area contributed by atoms with Crippen LogP contribution in [-0.4, -0.2) is 15.3 Å². The van der Waals surface area contributed by atoms with Crippen LogP contribution in [0.5, 0.6) is 0 Å². The van der Waals surface area contributed by atoms with Gasteiger partial charge in [0.1, 0.15) is 0 Å². The summed E-state index contributed by atoms with van der Waals surface area (Å²) >= 11 is 0. The number of aliphatic carboxylic acids is 1. The van der Waals surface area contributed by atoms with Crippen LogP contribution in [0.1, 0.15) is 16.7 Å². The van der Waals surface area contributed by atoms with Gasteiger partial charge in [-0.05, 0) is 30.2 Å². The van der Waals surface area contributed by atoms with Gasteiger partial charge in [0.05, 0.1) is 23.0 Å². The van der Waals surface area contributed by atoms with Gasteiger partial charge in [0, 0.05) is 4.90 Å². The van der Waals surface area contributed by atoms with Gasteiger partial charge in [-0.1, -0.05) is 42.0 Å². The summed E-state index contributed by atoms with van der Waals surface area (Å²) in [6.07, 6.45) is -0.00913. The fourth-order valence-electron chi connectivity index (χ4n) is 1.97. The van der Waals surface area contributed by atoms with Crippen LogP contribution in [0.4, 0.5) is 0 Å². The lowest BCUT2D eigenvalue weighted by Crippen LogP contribution is -2.01. The Kier molecular flexibility index (Phi) is 4.69. The number of benzene rings is 2. The second-order valence-corrected chi connectivity index (χ2v) is 6.14. The molecule has 0 radical (unpaired) electrons. The molecule has 0 amide bonds. The van der Waals surface area contributed by atoms with E-state index in [0.717, 1.165) is 16.0 Å². The highest BCUT2D eigenvalue weighted by atomic mass is 32.2. The zero-order valence-corrected chi connectivity index (χ0v) is 12.0. The normalized spacial score (nSPS) is 12.1. The van der Waals surface area contributed by atoms with Crippen molar-refractivity contribution in [1.29, 1.82) is 0 Å². The summed E-state index contributed by atoms with van der Waals surface area (Å²) in [7, 11) is -1.11. The molecule has 0 aliphatic rings. The largest absolute Gasteiger partial charge is 0.481 e. The second-order valence-electron chi connectivity index (χ2n) is 4.69. The van der Waals surface area contributed by atoms with E-state index in [1.807, 2.05) is 31.2 Å². The summed E-state index contributed by atoms with van der Waals surface area (Å²) in [5.41, 5.74) is 2.91. The predicted molar refractivity (Wildman–Crippen MR) is 79.1 cm³/mol. The summed E-state index contributed by atoms with van der Waals surface area (Å²) in [5, 5.41) is 8.71. The van der Waals surface area contributed by atoms with Crippen LogP contribution in [-0.2, 0) is 27.8 Å². The number of carboxylic acids is 1. The smallest absolute Gasteiger partial charge is 0.307 e. The van der Waals surface area contributed by atoms with E-state index < -0.39 is 16.8 Å². The minimum absolute atomic E-state index is 0.00913. The molecule has 0 saturated heterocycles. The molecule has 20 heavy (non-hydrogen) atoms. The SMILES string of the molecule is Cc1cccc(CS(=O)c2ccc(CC(=O)O)cc2)c1. The number of hydrogen-bond acceptors (Lipinski definition) is 2. The van der Waals surface area contributed by atoms with Crippen LogP contribution in [0.3, 0.4) is 0 Å². The molecule has 2 aromatic carbocycles. The molecule has 1 N–H and O–H groups in total. The fourth-order valence-corrected chi connectivity index (χ4v) is 3.06. The molecule has 0 aliphatic heterocycles. The van der Waals surface area contributed by atoms with E-state index in [9.17, 15) is 9.00 Å². The lowest BCUT2D eigenvalue weighted by Gasteiger charge is -2.05. The Morgan fingerprint density at radius 2 is 1.80 bits per heavy atom. The van der Waals surface area contributed by atoms with Crippen LogP contribution in [0.25, 0.3) is 0 Å². The third-order valence-electron chi connectivity index (χ3n) is 2.92. The summed E-state index contributed by atoms with van der Waals surface area (Å²) in [6.45, 7) is 2.01. The van der Waals surface area contributed by atoms with Crippen LogP contribution in [0, 0.1) is 6.92 Å². The molecule has 0 saturated carbocycles. The summed E-state index contributed by atoms with van der Waals surface area (Å²) in [5.74, 6) is -0.390. The molecule has 0 spiro atoms. The van der Waals surface area contributed by atoms with Gasteiger partial charge in [-0.15, -0.1) is 0 Å². The van der Waals surface area contributed by atoms with Gasteiger partial charge in [-0.3, -0.25) is 9.00 Å². The first-order chi connectivity index (χ1) is 9.54. The Hall–Kier alpha value is -1.94. The molecule has 0 fully saturated rings. The van der Waals surface area contributed by atoms with E-state index in [1.165, 1.54) is 0 Å². The van der Waals surface area contributed by atoms with Crippen molar-refractivity contribution in [1.82, 2.24) is 0 Å². The number of aryl methyl sites for hydroxylation is 1. The van der Waals surface area contributed by atoms with Crippen molar-refractivity contribution in [2.24, 2.45) is 0 Å². The van der Waals surface area contributed by atoms with Crippen LogP contribution < -0.4 is 0 Å². The lowest BCUT2D eigenvalue weighted by molar-refractivity contribution is -0.136. The zero-order valence-electron chi connectivity index (χ0n) is 11.2. The summed E-state index contributed by atoms with van der Waals surface area (Å²) in [6, 6.07) is 14.9. The molecule has 0 aliphatic carbocycles. The van der Waals surface area contributed by atoms with E-state index in [0.29, 0.717) is 11.3 Å². The first-order valence-electron chi connectivity index (χ1n) is 6.29. The number of hydrogen-bond donors (Lipinski definition) is 1. The van der Waals surface area contributed by atoms with Gasteiger partial charge in [0.2, 0.25) is 0 Å². The highest BCUT2D eigenvalue weighted by molar-refractivity contribution is 7.84. The molecule has 0 bridgehead atoms. The molecule has 0 aromatic heterocycles. The number of carboxylic acid groups (broad SMARTS) is 1. The quantitative estimate of drug-likeness (QED) is 0.920. The van der Waals surface area contributed by atoms with E-state index in [2.05, 4.69) is 0 Å². The molecule has 1 unspecified atom stereocenters. The summed E-state index contributed by atoms with van der Waals surface area (Å²) in [4.78, 5) is 11.3. The Labute approximate surface area is 120 Å². The van der Waals surface area contributed by atoms with E-state index in [4.69, 9.17) is 5.11 Å². The molecule has 0 heterocycles. The minimum atomic E-state index is -1.11. The fraction of sp³-hybridized carbons (Fsp3) is 0.188. The van der Waals surface area contributed by atoms with Crippen molar-refractivity contribution in [3.05, 3.63) is 65.2 Å². The van der Waals surface area contributed by atoms with Gasteiger partial charge in [0.25, 0.3) is 0 Å². The average Bonchev–Trinajstić information content (AvgIpc) is 2.38. The van der Waals surface area contributed by atoms with Crippen LogP contribution >= 0.6 is 0 Å². The van der Waals surface area contributed by atoms with Crippen molar-refractivity contribution in [3.8, 4) is 0 Å². The highest BCUT2D eigenvalue weighted by Gasteiger charge is 2.06. The number of carbonyl (C=O) groups is 1. The molecular weight excluding hydrogens is 272 g/mol. The first-order valence-corrected chi connectivity index (χ1v) is 7.61. The zero-order chi connectivity index (χ0) is 14.5. The molecule has 4 heteroatoms. The maximum absolute atomic E-state index is 12.3. The third-order valence-corrected chi connectivity index (χ3v) is 4.32. The first kappa shape index (κ1) is 14.5. The van der Waals surface area contributed by atoms with E-state index >= 15 is 0 Å². The summed E-state index contributed by atoms with van der Waals surface area (Å²) < 4.78 is 12.3. The van der Waals surface area contributed by atoms with Crippen molar-refractivity contribution >= 4 is 16.8 Å². The maximum Gasteiger partial charge on any atom is 0.307 e. The molecular formula is C16H16O3S. The van der Waals surface area contributed by atoms with Crippen molar-refractivity contribution in [3.63, 3.8) is 0 Å². The lowest BCUT2D eigenvalue weighted by atomic mass is 10.2. The topological polar surface area (TPSA) is 54.4 Å². The van der Waals surface area contributed by atoms with Crippen LogP contribution in [0.15, 0.2) is 53.4 Å². The van der Waals surface area contributed by atoms with E-state index in [1.54, 1.807) is 24.3 Å². The van der Waals surface area contributed by atoms with Gasteiger partial charge in [-0.25, -0.2) is 0 Å². The Balaban J connectivity index is 2.07. The van der Waals surface area contributed by atoms with Crippen molar-refractivity contribution in [2.75, 3.05) is 0 Å². The minimum Gasteiger partial charge on any atom is -0.481 e. The van der Waals surface area contributed by atoms with Crippen molar-refractivity contribution < 1.29 is 14.1 Å². The maximum atomic E-state index is 12.3. The average molecular weight is 288 g/mol. The van der Waals surface area contributed by atoms with Gasteiger partial charge in [0.15, 0.2) is 0 Å². The molecule has 1 atom stereocenters. The monoisotopic (exact) mass is 288 g/mol. The van der Waals surface area contributed by atoms with Gasteiger partial charge < -0.3 is 5.11 Å². The van der Waals surface area contributed by atoms with Gasteiger partial charge >= 0.3 is 5.97 Å². The number of rotatable bonds is 5. The Morgan fingerprint density at radius 3 is 2.40 bits per heavy atom. The Morgan fingerprint density at radius 1 is 1.10 bits per heavy atom. The molecule has 2 aromatic rings. The highest BCUT2D eigenvalue weighted by Crippen LogP contribution is 2.14. The molecule has 2 rings (SSSR count). The molecule has 3 nitrogen and oxygen atoms in total. The standard InChI is InChI=1S/C16H16O3S/c1-12-3-2-4-14(9-12)11-20(19)15-7-5-13(6-8-15)10-16(17)18/h2-9H,10-11H2,1H3,(H,17,18). The van der Waals surface area contributed by atoms with Crippen molar-refractivity contribution in [2.45, 2.75) is 24.0 Å². The predicted octanol–water partition coefficient (Wildman–Crippen LogP) is 2.93. The van der Waals surface area contributed by atoms with E-state index in [-0.39, 0.29) is 6.42 Å². The second kappa shape index (κ2) is 6.48. The van der Waals surface area contributed by atoms with Crippen LogP contribution in [0.2, 0.25) is 0 Å².